The molecule has 4 aromatic heterocycles. The van der Waals surface area contributed by atoms with Gasteiger partial charge in [-0.1, -0.05) is 18.2 Å². The summed E-state index contributed by atoms with van der Waals surface area (Å²) in [5.41, 5.74) is -0.360. The van der Waals surface area contributed by atoms with Crippen LogP contribution in [-0.2, 0) is 41.2 Å². The number of ether oxygens (including phenoxy) is 2. The highest BCUT2D eigenvalue weighted by Gasteiger charge is 2.53. The van der Waals surface area contributed by atoms with Gasteiger partial charge in [-0.15, -0.1) is 0 Å². The first kappa shape index (κ1) is 38.6. The molecule has 0 spiro atoms. The quantitative estimate of drug-likeness (QED) is 0.150. The lowest BCUT2D eigenvalue weighted by Crippen LogP contribution is -2.30. The molecule has 7 unspecified atom stereocenters. The van der Waals surface area contributed by atoms with Crippen molar-refractivity contribution < 1.29 is 46.0 Å². The maximum atomic E-state index is 15.0. The van der Waals surface area contributed by atoms with Crippen molar-refractivity contribution in [2.24, 2.45) is 0 Å². The van der Waals surface area contributed by atoms with Crippen molar-refractivity contribution in [3.63, 3.8) is 0 Å². The molecular formula is C33H33N11O11P2. The van der Waals surface area contributed by atoms with Gasteiger partial charge in [-0.2, -0.15) is 10.5 Å². The van der Waals surface area contributed by atoms with Crippen LogP contribution in [-0.4, -0.2) is 95.3 Å². The minimum Gasteiger partial charge on any atom is -0.351 e. The van der Waals surface area contributed by atoms with E-state index in [-0.39, 0.29) is 67.0 Å². The smallest absolute Gasteiger partial charge is 0.351 e. The number of imidazole rings is 2. The summed E-state index contributed by atoms with van der Waals surface area (Å²) in [6, 6.07) is 12.4. The van der Waals surface area contributed by atoms with Crippen LogP contribution in [0, 0.1) is 22.7 Å². The van der Waals surface area contributed by atoms with E-state index in [1.54, 1.807) is 34.9 Å². The van der Waals surface area contributed by atoms with E-state index in [1.807, 2.05) is 12.1 Å². The highest BCUT2D eigenvalue weighted by atomic mass is 31.2. The highest BCUT2D eigenvalue weighted by molar-refractivity contribution is 7.54. The molecule has 7 heterocycles. The van der Waals surface area contributed by atoms with Gasteiger partial charge < -0.3 is 28.8 Å². The summed E-state index contributed by atoms with van der Waals surface area (Å²) >= 11 is 0. The van der Waals surface area contributed by atoms with E-state index < -0.39 is 76.5 Å². The van der Waals surface area contributed by atoms with E-state index >= 15 is 0 Å². The van der Waals surface area contributed by atoms with Gasteiger partial charge in [0.1, 0.15) is 31.0 Å². The SMILES string of the molecule is N#CCCOP1(=O)OCC2OC(n3cnc4c(NC(=O)c5ccccc5)ncnc43)CC2P(=O)(OCCC#N)OCC2OC(n3cnc4c(=O)[nH]cnc43)C[C@@H]2O1. The molecule has 0 aliphatic carbocycles. The van der Waals surface area contributed by atoms with Crippen LogP contribution in [0.25, 0.3) is 22.3 Å². The summed E-state index contributed by atoms with van der Waals surface area (Å²) in [5.74, 6) is -0.274. The third kappa shape index (κ3) is 7.88. The van der Waals surface area contributed by atoms with Gasteiger partial charge in [-0.05, 0) is 12.1 Å². The van der Waals surface area contributed by atoms with Crippen molar-refractivity contribution in [2.45, 2.75) is 62.1 Å². The molecule has 22 nitrogen and oxygen atoms in total. The lowest BCUT2D eigenvalue weighted by Gasteiger charge is -2.27. The molecule has 8 rings (SSSR count). The maximum absolute atomic E-state index is 15.0. The van der Waals surface area contributed by atoms with Gasteiger partial charge >= 0.3 is 15.4 Å². The number of carbonyl (C=O) groups excluding carboxylic acids is 1. The average Bonchev–Trinajstić information content (AvgIpc) is 4.02. The van der Waals surface area contributed by atoms with E-state index in [0.29, 0.717) is 5.56 Å². The van der Waals surface area contributed by atoms with Crippen LogP contribution in [0.1, 0.15) is 48.5 Å². The lowest BCUT2D eigenvalue weighted by molar-refractivity contribution is -0.0445. The Bertz CT molecular complexity index is 2520. The number of aromatic nitrogens is 8. The molecule has 0 radical (unpaired) electrons. The number of nitrogens with zero attached hydrogens (tertiary/aromatic N) is 9. The predicted molar refractivity (Wildman–Crippen MR) is 193 cm³/mol. The van der Waals surface area contributed by atoms with Crippen LogP contribution in [0.3, 0.4) is 0 Å². The minimum absolute atomic E-state index is 0.0112. The summed E-state index contributed by atoms with van der Waals surface area (Å²) < 4.78 is 74.6. The van der Waals surface area contributed by atoms with Crippen LogP contribution in [0.2, 0.25) is 0 Å². The zero-order valence-corrected chi connectivity index (χ0v) is 31.5. The predicted octanol–water partition coefficient (Wildman–Crippen LogP) is 3.75. The standard InChI is InChI=1S/C33H33N11O11P2/c34-8-4-10-49-56(47)24-13-26(44-18-40-27-29(36-16-37-30(27)44)42-32(45)20-6-2-1-3-7-20)54-23(24)15-52-57(48,50-11-5-9-35)55-21-12-25(53-22(21)14-51-56)43-19-41-28-31(43)38-17-39-33(28)46/h1-3,6-7,16-19,21-26H,4-5,10-15H2,(H,38,39,46)(H,36,37,42,45)/t21-,22?,23?,24?,25?,26?,56?,57?/m0/s1. The van der Waals surface area contributed by atoms with Crippen LogP contribution in [0.15, 0.2) is 60.4 Å². The van der Waals surface area contributed by atoms with Crippen molar-refractivity contribution in [2.75, 3.05) is 31.7 Å². The maximum Gasteiger partial charge on any atom is 0.475 e. The van der Waals surface area contributed by atoms with Crippen LogP contribution in [0.4, 0.5) is 5.82 Å². The Morgan fingerprint density at radius 3 is 2.32 bits per heavy atom. The zero-order chi connectivity index (χ0) is 39.6. The number of phosphoric ester groups is 1. The molecule has 3 aliphatic rings. The normalized spacial score (nSPS) is 28.9. The molecule has 3 saturated heterocycles. The van der Waals surface area contributed by atoms with Crippen molar-refractivity contribution in [1.29, 1.82) is 10.5 Å². The first-order chi connectivity index (χ1) is 27.7. The molecule has 2 N–H and O–H groups in total. The summed E-state index contributed by atoms with van der Waals surface area (Å²) in [6.07, 6.45) is -0.0544. The van der Waals surface area contributed by atoms with Crippen molar-refractivity contribution >= 4 is 49.5 Å². The second-order valence-electron chi connectivity index (χ2n) is 12.9. The third-order valence-corrected chi connectivity index (χ3v) is 13.3. The number of rotatable bonds is 10. The number of nitrogens with one attached hydrogen (secondary N) is 2. The first-order valence-electron chi connectivity index (χ1n) is 17.6. The van der Waals surface area contributed by atoms with E-state index in [1.165, 1.54) is 29.9 Å². The van der Waals surface area contributed by atoms with Gasteiger partial charge in [0.15, 0.2) is 28.1 Å². The zero-order valence-electron chi connectivity index (χ0n) is 29.7. The minimum atomic E-state index is -4.51. The second-order valence-corrected chi connectivity index (χ2v) is 16.8. The Kier molecular flexibility index (Phi) is 11.1. The molecular weight excluding hydrogens is 788 g/mol. The van der Waals surface area contributed by atoms with Gasteiger partial charge in [0.2, 0.25) is 0 Å². The van der Waals surface area contributed by atoms with Gasteiger partial charge in [0.05, 0.1) is 82.2 Å². The number of fused-ring (bicyclic) bond motifs is 4. The van der Waals surface area contributed by atoms with Crippen molar-refractivity contribution in [3.8, 4) is 12.1 Å². The Morgan fingerprint density at radius 1 is 0.860 bits per heavy atom. The number of hydrogen-bond donors (Lipinski definition) is 2. The van der Waals surface area contributed by atoms with Crippen LogP contribution >= 0.6 is 15.4 Å². The van der Waals surface area contributed by atoms with Crippen LogP contribution < -0.4 is 10.9 Å². The van der Waals surface area contributed by atoms with Gasteiger partial charge in [-0.3, -0.25) is 36.9 Å². The molecule has 3 aliphatic heterocycles. The third-order valence-electron chi connectivity index (χ3n) is 9.43. The largest absolute Gasteiger partial charge is 0.475 e. The van der Waals surface area contributed by atoms with Gasteiger partial charge in [0, 0.05) is 18.4 Å². The Balaban J connectivity index is 1.10. The topological polar surface area (TPSA) is 283 Å². The van der Waals surface area contributed by atoms with Gasteiger partial charge in [0.25, 0.3) is 11.5 Å². The molecule has 5 aromatic rings. The fraction of sp³-hybridized carbons (Fsp3) is 0.424. The summed E-state index contributed by atoms with van der Waals surface area (Å²) in [6.45, 7) is -1.47. The monoisotopic (exact) mass is 821 g/mol. The molecule has 24 heteroatoms. The number of anilines is 1. The Hall–Kier alpha value is -5.25. The summed E-state index contributed by atoms with van der Waals surface area (Å²) in [5, 5.41) is 21.2. The lowest BCUT2D eigenvalue weighted by atomic mass is 10.2. The number of H-pyrrole nitrogens is 1. The Labute approximate surface area is 322 Å². The molecule has 1 amide bonds. The Morgan fingerprint density at radius 2 is 1.54 bits per heavy atom. The molecule has 0 saturated carbocycles. The van der Waals surface area contributed by atoms with E-state index in [4.69, 9.17) is 32.1 Å². The fourth-order valence-corrected chi connectivity index (χ4v) is 10.3. The van der Waals surface area contributed by atoms with E-state index in [2.05, 4.69) is 35.2 Å². The molecule has 296 valence electrons. The number of aromatic amines is 1. The molecule has 57 heavy (non-hydrogen) atoms. The number of phosphoric acid groups is 1. The van der Waals surface area contributed by atoms with E-state index in [0.717, 1.165) is 0 Å². The average molecular weight is 822 g/mol. The summed E-state index contributed by atoms with van der Waals surface area (Å²) in [4.78, 5) is 49.2. The van der Waals surface area contributed by atoms with Crippen molar-refractivity contribution in [3.05, 3.63) is 71.6 Å². The molecule has 3 fully saturated rings. The number of benzene rings is 1. The number of carbonyl (C=O) groups is 1. The first-order valence-corrected chi connectivity index (χ1v) is 20.7. The molecule has 8 atom stereocenters. The second kappa shape index (κ2) is 16.3. The highest BCUT2D eigenvalue weighted by Crippen LogP contribution is 2.62. The number of amides is 1. The van der Waals surface area contributed by atoms with Gasteiger partial charge in [-0.25, -0.2) is 29.5 Å². The number of hydrogen-bond acceptors (Lipinski definition) is 18. The summed E-state index contributed by atoms with van der Waals surface area (Å²) in [7, 11) is -8.76. The fourth-order valence-electron chi connectivity index (χ4n) is 6.75. The number of nitriles is 2. The molecule has 1 aromatic carbocycles. The van der Waals surface area contributed by atoms with Crippen LogP contribution in [0.5, 0.6) is 0 Å². The van der Waals surface area contributed by atoms with Crippen molar-refractivity contribution in [1.82, 2.24) is 39.0 Å². The molecule has 0 bridgehead atoms. The van der Waals surface area contributed by atoms with E-state index in [9.17, 15) is 29.2 Å².